The Labute approximate surface area is 139 Å². The van der Waals surface area contributed by atoms with Crippen LogP contribution < -0.4 is 0 Å². The first-order valence-electron chi connectivity index (χ1n) is 8.14. The average Bonchev–Trinajstić information content (AvgIpc) is 2.59. The molecule has 0 aliphatic carbocycles. The molecule has 0 heterocycles. The van der Waals surface area contributed by atoms with Crippen molar-refractivity contribution in [3.8, 4) is 0 Å². The monoisotopic (exact) mass is 310 g/mol. The van der Waals surface area contributed by atoms with Crippen LogP contribution in [0.4, 0.5) is 0 Å². The van der Waals surface area contributed by atoms with Gasteiger partial charge in [0.15, 0.2) is 0 Å². The number of hydrogen-bond acceptors (Lipinski definition) is 2. The molecule has 2 atom stereocenters. The van der Waals surface area contributed by atoms with E-state index in [4.69, 9.17) is 9.47 Å². The summed E-state index contributed by atoms with van der Waals surface area (Å²) in [7, 11) is 0. The maximum Gasteiger partial charge on any atom is 0.102 e. The van der Waals surface area contributed by atoms with Crippen molar-refractivity contribution < 1.29 is 9.47 Å². The van der Waals surface area contributed by atoms with Crippen LogP contribution in [0.3, 0.4) is 0 Å². The molecule has 2 nitrogen and oxygen atoms in total. The van der Waals surface area contributed by atoms with Crippen molar-refractivity contribution in [2.45, 2.75) is 39.3 Å². The molecule has 0 N–H and O–H groups in total. The van der Waals surface area contributed by atoms with E-state index in [2.05, 4.69) is 44.7 Å². The molecular formula is C21H26O2. The quantitative estimate of drug-likeness (QED) is 0.607. The summed E-state index contributed by atoms with van der Waals surface area (Å²) < 4.78 is 12.2. The van der Waals surface area contributed by atoms with Gasteiger partial charge in [0.05, 0.1) is 19.3 Å². The molecule has 2 heteroatoms. The lowest BCUT2D eigenvalue weighted by Gasteiger charge is -2.28. The lowest BCUT2D eigenvalue weighted by molar-refractivity contribution is -0.0841. The molecule has 0 amide bonds. The van der Waals surface area contributed by atoms with Gasteiger partial charge in [0, 0.05) is 0 Å². The molecule has 23 heavy (non-hydrogen) atoms. The van der Waals surface area contributed by atoms with Crippen molar-refractivity contribution in [1.82, 2.24) is 0 Å². The highest BCUT2D eigenvalue weighted by atomic mass is 16.5. The molecule has 2 aromatic carbocycles. The number of benzene rings is 2. The second-order valence-electron chi connectivity index (χ2n) is 6.00. The highest BCUT2D eigenvalue weighted by Gasteiger charge is 2.24. The van der Waals surface area contributed by atoms with E-state index in [0.29, 0.717) is 19.1 Å². The number of hydrogen-bond donors (Lipinski definition) is 0. The Hall–Kier alpha value is -1.90. The first-order chi connectivity index (χ1) is 11.2. The van der Waals surface area contributed by atoms with Gasteiger partial charge in [-0.3, -0.25) is 0 Å². The van der Waals surface area contributed by atoms with E-state index in [-0.39, 0.29) is 12.2 Å². The van der Waals surface area contributed by atoms with Crippen molar-refractivity contribution in [3.63, 3.8) is 0 Å². The standard InChI is InChI=1S/C21H26O2/c1-4-20(22-15-18-11-7-5-8-12-18)21(17(2)3)23-16-19-13-9-6-10-14-19/h4-14,17,20-21H,1,15-16H2,2-3H3/t20-,21-/m0/s1. The lowest BCUT2D eigenvalue weighted by atomic mass is 10.0. The highest BCUT2D eigenvalue weighted by Crippen LogP contribution is 2.19. The summed E-state index contributed by atoms with van der Waals surface area (Å²) in [6.07, 6.45) is 1.70. The van der Waals surface area contributed by atoms with Crippen LogP contribution in [-0.4, -0.2) is 12.2 Å². The van der Waals surface area contributed by atoms with E-state index in [1.807, 2.05) is 42.5 Å². The fourth-order valence-electron chi connectivity index (χ4n) is 2.50. The fraction of sp³-hybridized carbons (Fsp3) is 0.333. The molecule has 0 saturated carbocycles. The molecule has 0 bridgehead atoms. The largest absolute Gasteiger partial charge is 0.370 e. The number of ether oxygens (including phenoxy) is 2. The summed E-state index contributed by atoms with van der Waals surface area (Å²) in [4.78, 5) is 0. The summed E-state index contributed by atoms with van der Waals surface area (Å²) >= 11 is 0. The van der Waals surface area contributed by atoms with Crippen LogP contribution in [0.2, 0.25) is 0 Å². The Morgan fingerprint density at radius 2 is 1.30 bits per heavy atom. The Balaban J connectivity index is 1.94. The molecule has 0 saturated heterocycles. The SMILES string of the molecule is C=C[C@H](OCc1ccccc1)[C@@H](OCc1ccccc1)C(C)C. The van der Waals surface area contributed by atoms with E-state index in [1.165, 1.54) is 5.56 Å². The van der Waals surface area contributed by atoms with E-state index in [9.17, 15) is 0 Å². The van der Waals surface area contributed by atoms with Gasteiger partial charge in [-0.25, -0.2) is 0 Å². The number of rotatable bonds is 9. The van der Waals surface area contributed by atoms with Crippen LogP contribution in [0.15, 0.2) is 73.3 Å². The molecule has 0 unspecified atom stereocenters. The molecule has 0 radical (unpaired) electrons. The van der Waals surface area contributed by atoms with Gasteiger partial charge < -0.3 is 9.47 Å². The molecule has 0 fully saturated rings. The van der Waals surface area contributed by atoms with Gasteiger partial charge in [0.25, 0.3) is 0 Å². The summed E-state index contributed by atoms with van der Waals surface area (Å²) in [6, 6.07) is 20.4. The van der Waals surface area contributed by atoms with E-state index in [0.717, 1.165) is 5.56 Å². The minimum absolute atomic E-state index is 0.0172. The average molecular weight is 310 g/mol. The fourth-order valence-corrected chi connectivity index (χ4v) is 2.50. The van der Waals surface area contributed by atoms with Crippen molar-refractivity contribution in [2.75, 3.05) is 0 Å². The predicted molar refractivity (Wildman–Crippen MR) is 95.1 cm³/mol. The molecule has 0 aromatic heterocycles. The maximum absolute atomic E-state index is 6.13. The molecule has 0 spiro atoms. The minimum Gasteiger partial charge on any atom is -0.370 e. The van der Waals surface area contributed by atoms with Gasteiger partial charge >= 0.3 is 0 Å². The summed E-state index contributed by atoms with van der Waals surface area (Å²) in [5.41, 5.74) is 2.33. The van der Waals surface area contributed by atoms with Crippen molar-refractivity contribution >= 4 is 0 Å². The van der Waals surface area contributed by atoms with Crippen LogP contribution in [0.25, 0.3) is 0 Å². The first kappa shape index (κ1) is 17.5. The second kappa shape index (κ2) is 9.29. The van der Waals surface area contributed by atoms with Crippen molar-refractivity contribution in [2.24, 2.45) is 5.92 Å². The third kappa shape index (κ3) is 5.66. The van der Waals surface area contributed by atoms with Gasteiger partial charge in [-0.05, 0) is 17.0 Å². The van der Waals surface area contributed by atoms with Crippen LogP contribution >= 0.6 is 0 Å². The smallest absolute Gasteiger partial charge is 0.102 e. The molecule has 2 rings (SSSR count). The predicted octanol–water partition coefficient (Wildman–Crippen LogP) is 5.00. The minimum atomic E-state index is -0.126. The Bertz CT molecular complexity index is 563. The van der Waals surface area contributed by atoms with E-state index < -0.39 is 0 Å². The van der Waals surface area contributed by atoms with Gasteiger partial charge in [-0.1, -0.05) is 80.6 Å². The van der Waals surface area contributed by atoms with Crippen molar-refractivity contribution in [3.05, 3.63) is 84.4 Å². The zero-order valence-corrected chi connectivity index (χ0v) is 14.0. The zero-order chi connectivity index (χ0) is 16.5. The van der Waals surface area contributed by atoms with E-state index in [1.54, 1.807) is 0 Å². The normalized spacial score (nSPS) is 13.7. The Morgan fingerprint density at radius 1 is 0.826 bits per heavy atom. The second-order valence-corrected chi connectivity index (χ2v) is 6.00. The van der Waals surface area contributed by atoms with E-state index >= 15 is 0 Å². The van der Waals surface area contributed by atoms with Crippen LogP contribution in [0, 0.1) is 5.92 Å². The Morgan fingerprint density at radius 3 is 1.74 bits per heavy atom. The third-order valence-corrected chi connectivity index (χ3v) is 3.78. The molecule has 0 aliphatic heterocycles. The molecule has 122 valence electrons. The van der Waals surface area contributed by atoms with Crippen LogP contribution in [-0.2, 0) is 22.7 Å². The van der Waals surface area contributed by atoms with Crippen molar-refractivity contribution in [1.29, 1.82) is 0 Å². The maximum atomic E-state index is 6.13. The summed E-state index contributed by atoms with van der Waals surface area (Å²) in [6.45, 7) is 9.38. The topological polar surface area (TPSA) is 18.5 Å². The highest BCUT2D eigenvalue weighted by molar-refractivity contribution is 5.14. The van der Waals surface area contributed by atoms with Gasteiger partial charge in [-0.2, -0.15) is 0 Å². The lowest BCUT2D eigenvalue weighted by Crippen LogP contribution is -2.34. The third-order valence-electron chi connectivity index (χ3n) is 3.78. The summed E-state index contributed by atoms with van der Waals surface area (Å²) in [5.74, 6) is 0.345. The molecular weight excluding hydrogens is 284 g/mol. The van der Waals surface area contributed by atoms with Crippen LogP contribution in [0.5, 0.6) is 0 Å². The Kier molecular flexibility index (Phi) is 7.05. The van der Waals surface area contributed by atoms with Gasteiger partial charge in [0.2, 0.25) is 0 Å². The van der Waals surface area contributed by atoms with Crippen LogP contribution in [0.1, 0.15) is 25.0 Å². The van der Waals surface area contributed by atoms with Gasteiger partial charge in [-0.15, -0.1) is 6.58 Å². The summed E-state index contributed by atoms with van der Waals surface area (Å²) in [5, 5.41) is 0. The zero-order valence-electron chi connectivity index (χ0n) is 14.0. The molecule has 0 aliphatic rings. The molecule has 2 aromatic rings. The first-order valence-corrected chi connectivity index (χ1v) is 8.14. The van der Waals surface area contributed by atoms with Gasteiger partial charge in [0.1, 0.15) is 6.10 Å².